The first-order valence-electron chi connectivity index (χ1n) is 4.75. The number of allylic oxidation sites excluding steroid dienone is 2. The van der Waals surface area contributed by atoms with E-state index in [0.717, 1.165) is 38.9 Å². The van der Waals surface area contributed by atoms with E-state index in [1.54, 1.807) is 0 Å². The molecule has 1 nitrogen and oxygen atoms in total. The van der Waals surface area contributed by atoms with E-state index in [2.05, 4.69) is 25.7 Å². The van der Waals surface area contributed by atoms with E-state index in [9.17, 15) is 0 Å². The van der Waals surface area contributed by atoms with E-state index < -0.39 is 0 Å². The second kappa shape index (κ2) is 10.4. The van der Waals surface area contributed by atoms with E-state index in [4.69, 9.17) is 4.74 Å². The first-order chi connectivity index (χ1) is 5.91. The minimum Gasteiger partial charge on any atom is -0.381 e. The molecule has 0 bridgehead atoms. The highest BCUT2D eigenvalue weighted by molar-refractivity contribution is 4.79. The van der Waals surface area contributed by atoms with Crippen molar-refractivity contribution in [1.29, 1.82) is 0 Å². The molecule has 0 radical (unpaired) electrons. The summed E-state index contributed by atoms with van der Waals surface area (Å²) in [5.74, 6) is 0. The molecular weight excluding hydrogens is 148 g/mol. The Bertz CT molecular complexity index is 116. The van der Waals surface area contributed by atoms with Crippen LogP contribution < -0.4 is 0 Å². The van der Waals surface area contributed by atoms with Gasteiger partial charge in [0.15, 0.2) is 0 Å². The molecule has 0 aliphatic carbocycles. The fourth-order valence-corrected chi connectivity index (χ4v) is 0.868. The van der Waals surface area contributed by atoms with Gasteiger partial charge in [0.1, 0.15) is 0 Å². The lowest BCUT2D eigenvalue weighted by Crippen LogP contribution is -1.94. The third kappa shape index (κ3) is 9.44. The fourth-order valence-electron chi connectivity index (χ4n) is 0.868. The van der Waals surface area contributed by atoms with Crippen LogP contribution in [0.3, 0.4) is 0 Å². The molecule has 0 spiro atoms. The Balaban J connectivity index is 2.90. The lowest BCUT2D eigenvalue weighted by atomic mass is 10.3. The number of hydrogen-bond donors (Lipinski definition) is 0. The lowest BCUT2D eigenvalue weighted by molar-refractivity contribution is 0.137. The topological polar surface area (TPSA) is 9.23 Å². The maximum absolute atomic E-state index is 5.38. The van der Waals surface area contributed by atoms with Crippen molar-refractivity contribution >= 4 is 0 Å². The van der Waals surface area contributed by atoms with Crippen molar-refractivity contribution in [2.24, 2.45) is 0 Å². The van der Waals surface area contributed by atoms with Crippen LogP contribution in [0.2, 0.25) is 0 Å². The second-order valence-electron chi connectivity index (χ2n) is 2.71. The summed E-state index contributed by atoms with van der Waals surface area (Å²) in [5, 5.41) is 0. The molecule has 70 valence electrons. The van der Waals surface area contributed by atoms with E-state index >= 15 is 0 Å². The monoisotopic (exact) mass is 168 g/mol. The number of ether oxygens (including phenoxy) is 1. The molecule has 0 aliphatic rings. The average molecular weight is 168 g/mol. The van der Waals surface area contributed by atoms with Crippen LogP contribution in [0, 0.1) is 0 Å². The van der Waals surface area contributed by atoms with E-state index in [1.807, 2.05) is 6.08 Å². The smallest absolute Gasteiger partial charge is 0.0500 e. The Kier molecular flexibility index (Phi) is 9.95. The zero-order chi connectivity index (χ0) is 9.07. The molecule has 0 N–H and O–H groups in total. The second-order valence-corrected chi connectivity index (χ2v) is 2.71. The van der Waals surface area contributed by atoms with Gasteiger partial charge >= 0.3 is 0 Å². The SMILES string of the molecule is C=CCCCOCC/C=C\CC. The molecule has 0 unspecified atom stereocenters. The summed E-state index contributed by atoms with van der Waals surface area (Å²) < 4.78 is 5.38. The van der Waals surface area contributed by atoms with Crippen LogP contribution in [-0.2, 0) is 4.74 Å². The minimum absolute atomic E-state index is 0.855. The lowest BCUT2D eigenvalue weighted by Gasteiger charge is -1.99. The van der Waals surface area contributed by atoms with Crippen molar-refractivity contribution in [2.45, 2.75) is 32.6 Å². The van der Waals surface area contributed by atoms with Gasteiger partial charge in [-0.3, -0.25) is 0 Å². The molecule has 0 aromatic rings. The van der Waals surface area contributed by atoms with Crippen LogP contribution in [0.5, 0.6) is 0 Å². The largest absolute Gasteiger partial charge is 0.381 e. The summed E-state index contributed by atoms with van der Waals surface area (Å²) in [6, 6.07) is 0. The molecule has 0 saturated heterocycles. The van der Waals surface area contributed by atoms with Gasteiger partial charge in [0.25, 0.3) is 0 Å². The van der Waals surface area contributed by atoms with Gasteiger partial charge in [0.05, 0.1) is 6.61 Å². The molecule has 0 saturated carbocycles. The summed E-state index contributed by atoms with van der Waals surface area (Å²) in [4.78, 5) is 0. The predicted octanol–water partition coefficient (Wildman–Crippen LogP) is 3.33. The third-order valence-electron chi connectivity index (χ3n) is 1.53. The van der Waals surface area contributed by atoms with E-state index in [0.29, 0.717) is 0 Å². The van der Waals surface area contributed by atoms with Gasteiger partial charge in [-0.15, -0.1) is 6.58 Å². The highest BCUT2D eigenvalue weighted by atomic mass is 16.5. The van der Waals surface area contributed by atoms with Gasteiger partial charge in [-0.25, -0.2) is 0 Å². The third-order valence-corrected chi connectivity index (χ3v) is 1.53. The summed E-state index contributed by atoms with van der Waals surface area (Å²) in [7, 11) is 0. The molecular formula is C11H20O. The van der Waals surface area contributed by atoms with Crippen LogP contribution in [0.4, 0.5) is 0 Å². The highest BCUT2D eigenvalue weighted by Crippen LogP contribution is 1.92. The predicted molar refractivity (Wildman–Crippen MR) is 54.3 cm³/mol. The maximum atomic E-state index is 5.38. The Morgan fingerprint density at radius 2 is 2.00 bits per heavy atom. The number of unbranched alkanes of at least 4 members (excludes halogenated alkanes) is 1. The van der Waals surface area contributed by atoms with Gasteiger partial charge in [0.2, 0.25) is 0 Å². The highest BCUT2D eigenvalue weighted by Gasteiger charge is 1.84. The summed E-state index contributed by atoms with van der Waals surface area (Å²) >= 11 is 0. The van der Waals surface area contributed by atoms with Gasteiger partial charge in [-0.05, 0) is 25.7 Å². The van der Waals surface area contributed by atoms with Crippen LogP contribution in [0.25, 0.3) is 0 Å². The Morgan fingerprint density at radius 3 is 2.67 bits per heavy atom. The van der Waals surface area contributed by atoms with Crippen molar-refractivity contribution in [3.05, 3.63) is 24.8 Å². The quantitative estimate of drug-likeness (QED) is 0.399. The van der Waals surface area contributed by atoms with Crippen LogP contribution >= 0.6 is 0 Å². The Morgan fingerprint density at radius 1 is 1.17 bits per heavy atom. The maximum Gasteiger partial charge on any atom is 0.0500 e. The first kappa shape index (κ1) is 11.4. The van der Waals surface area contributed by atoms with E-state index in [-0.39, 0.29) is 0 Å². The minimum atomic E-state index is 0.855. The first-order valence-corrected chi connectivity index (χ1v) is 4.75. The number of rotatable bonds is 8. The molecule has 0 atom stereocenters. The van der Waals surface area contributed by atoms with Gasteiger partial charge in [0, 0.05) is 6.61 Å². The zero-order valence-electron chi connectivity index (χ0n) is 8.09. The van der Waals surface area contributed by atoms with Crippen molar-refractivity contribution in [3.8, 4) is 0 Å². The van der Waals surface area contributed by atoms with Crippen molar-refractivity contribution in [2.75, 3.05) is 13.2 Å². The summed E-state index contributed by atoms with van der Waals surface area (Å²) in [5.41, 5.74) is 0. The summed E-state index contributed by atoms with van der Waals surface area (Å²) in [6.45, 7) is 7.51. The van der Waals surface area contributed by atoms with Crippen molar-refractivity contribution < 1.29 is 4.74 Å². The van der Waals surface area contributed by atoms with Gasteiger partial charge in [-0.2, -0.15) is 0 Å². The zero-order valence-corrected chi connectivity index (χ0v) is 8.09. The molecule has 0 amide bonds. The van der Waals surface area contributed by atoms with Crippen molar-refractivity contribution in [3.63, 3.8) is 0 Å². The molecule has 0 aromatic heterocycles. The molecule has 0 aliphatic heterocycles. The molecule has 0 fully saturated rings. The van der Waals surface area contributed by atoms with E-state index in [1.165, 1.54) is 0 Å². The van der Waals surface area contributed by atoms with Gasteiger partial charge < -0.3 is 4.74 Å². The van der Waals surface area contributed by atoms with Crippen LogP contribution in [-0.4, -0.2) is 13.2 Å². The Labute approximate surface area is 76.1 Å². The number of hydrogen-bond acceptors (Lipinski definition) is 1. The normalized spacial score (nSPS) is 10.8. The standard InChI is InChI=1S/C11H20O/c1-3-5-7-9-11-12-10-8-6-4-2/h4-5,7H,2-3,6,8-11H2,1H3/b7-5-. The Hall–Kier alpha value is -0.560. The molecule has 1 heteroatoms. The fraction of sp³-hybridized carbons (Fsp3) is 0.636. The van der Waals surface area contributed by atoms with Crippen molar-refractivity contribution in [1.82, 2.24) is 0 Å². The average Bonchev–Trinajstić information content (AvgIpc) is 2.10. The molecule has 12 heavy (non-hydrogen) atoms. The summed E-state index contributed by atoms with van der Waals surface area (Å²) in [6.07, 6.45) is 10.6. The van der Waals surface area contributed by atoms with Gasteiger partial charge in [-0.1, -0.05) is 25.2 Å². The molecule has 0 heterocycles. The van der Waals surface area contributed by atoms with Crippen LogP contribution in [0.15, 0.2) is 24.8 Å². The van der Waals surface area contributed by atoms with Crippen LogP contribution in [0.1, 0.15) is 32.6 Å². The molecule has 0 aromatic carbocycles. The molecule has 0 rings (SSSR count).